The van der Waals surface area contributed by atoms with Gasteiger partial charge in [0.05, 0.1) is 11.4 Å². The zero-order valence-electron chi connectivity index (χ0n) is 12.3. The van der Waals surface area contributed by atoms with Crippen LogP contribution in [0.4, 0.5) is 19.6 Å². The zero-order valence-corrected chi connectivity index (χ0v) is 13.1. The molecular formula is C15H10F2N4O2S. The third-order valence-electron chi connectivity index (χ3n) is 2.84. The lowest BCUT2D eigenvalue weighted by Gasteiger charge is -2.18. The molecule has 0 bridgehead atoms. The van der Waals surface area contributed by atoms with Gasteiger partial charge in [-0.05, 0) is 18.2 Å². The third-order valence-corrected chi connectivity index (χ3v) is 3.69. The second-order valence-electron chi connectivity index (χ2n) is 4.54. The summed E-state index contributed by atoms with van der Waals surface area (Å²) in [5, 5.41) is 10.4. The zero-order chi connectivity index (χ0) is 17.9. The molecule has 122 valence electrons. The molecule has 0 aliphatic rings. The van der Waals surface area contributed by atoms with Gasteiger partial charge in [0, 0.05) is 18.4 Å². The number of benzene rings is 1. The summed E-state index contributed by atoms with van der Waals surface area (Å²) >= 11 is 0.985. The smallest absolute Gasteiger partial charge is 0.259 e. The summed E-state index contributed by atoms with van der Waals surface area (Å²) in [6.07, 6.45) is 1.15. The van der Waals surface area contributed by atoms with Crippen LogP contribution in [0.15, 0.2) is 29.2 Å². The normalized spacial score (nSPS) is 11.0. The SMILES string of the molecule is CC(=O)N(c1nc(/C=C(\C#N)C(N)=O)cs1)c1ccc(F)cc1F. The molecule has 0 atom stereocenters. The average molecular weight is 348 g/mol. The Bertz CT molecular complexity index is 886. The maximum absolute atomic E-state index is 14.0. The standard InChI is InChI=1S/C15H10F2N4O2S/c1-8(22)21(13-3-2-10(16)5-12(13)17)15-20-11(7-24-15)4-9(6-18)14(19)23/h2-5,7H,1H3,(H2,19,23)/b9-4+. The minimum absolute atomic E-state index is 0.0982. The number of carbonyl (C=O) groups excluding carboxylic acids is 2. The molecule has 0 aliphatic carbocycles. The van der Waals surface area contributed by atoms with Crippen molar-refractivity contribution in [2.45, 2.75) is 6.92 Å². The van der Waals surface area contributed by atoms with Crippen LogP contribution in [0, 0.1) is 23.0 Å². The highest BCUT2D eigenvalue weighted by Crippen LogP contribution is 2.31. The Hall–Kier alpha value is -3.12. The predicted molar refractivity (Wildman–Crippen MR) is 84.1 cm³/mol. The average Bonchev–Trinajstić information content (AvgIpc) is 2.95. The molecule has 0 spiro atoms. The number of nitriles is 1. The van der Waals surface area contributed by atoms with Gasteiger partial charge < -0.3 is 5.73 Å². The van der Waals surface area contributed by atoms with E-state index in [0.29, 0.717) is 6.07 Å². The van der Waals surface area contributed by atoms with Crippen molar-refractivity contribution in [2.24, 2.45) is 5.73 Å². The molecule has 1 aromatic heterocycles. The third kappa shape index (κ3) is 3.61. The first kappa shape index (κ1) is 17.2. The summed E-state index contributed by atoms with van der Waals surface area (Å²) < 4.78 is 27.0. The fourth-order valence-corrected chi connectivity index (χ4v) is 2.66. The van der Waals surface area contributed by atoms with Crippen LogP contribution in [0.25, 0.3) is 6.08 Å². The van der Waals surface area contributed by atoms with Crippen molar-refractivity contribution in [2.75, 3.05) is 4.90 Å². The van der Waals surface area contributed by atoms with Gasteiger partial charge in [-0.2, -0.15) is 5.26 Å². The van der Waals surface area contributed by atoms with Crippen molar-refractivity contribution in [1.29, 1.82) is 5.26 Å². The Kier molecular flexibility index (Phi) is 5.01. The van der Waals surface area contributed by atoms with Crippen molar-refractivity contribution in [3.8, 4) is 6.07 Å². The van der Waals surface area contributed by atoms with Gasteiger partial charge in [-0.3, -0.25) is 14.5 Å². The van der Waals surface area contributed by atoms with Crippen LogP contribution >= 0.6 is 11.3 Å². The monoisotopic (exact) mass is 348 g/mol. The number of hydrogen-bond acceptors (Lipinski definition) is 5. The molecule has 1 heterocycles. The minimum atomic E-state index is -0.924. The summed E-state index contributed by atoms with van der Waals surface area (Å²) in [6.45, 7) is 1.20. The van der Waals surface area contributed by atoms with Crippen molar-refractivity contribution in [1.82, 2.24) is 4.98 Å². The lowest BCUT2D eigenvalue weighted by Crippen LogP contribution is -2.23. The molecule has 0 radical (unpaired) electrons. The van der Waals surface area contributed by atoms with Crippen molar-refractivity contribution in [3.05, 3.63) is 46.5 Å². The largest absolute Gasteiger partial charge is 0.365 e. The second kappa shape index (κ2) is 6.97. The highest BCUT2D eigenvalue weighted by molar-refractivity contribution is 7.14. The van der Waals surface area contributed by atoms with Crippen LogP contribution in [-0.4, -0.2) is 16.8 Å². The molecule has 9 heteroatoms. The van der Waals surface area contributed by atoms with Gasteiger partial charge in [-0.1, -0.05) is 0 Å². The molecular weight excluding hydrogens is 338 g/mol. The molecule has 0 saturated heterocycles. The maximum atomic E-state index is 14.0. The summed E-state index contributed by atoms with van der Waals surface area (Å²) in [6, 6.07) is 4.42. The van der Waals surface area contributed by atoms with Gasteiger partial charge in [0.15, 0.2) is 5.13 Å². The Morgan fingerprint density at radius 1 is 1.42 bits per heavy atom. The minimum Gasteiger partial charge on any atom is -0.365 e. The summed E-state index contributed by atoms with van der Waals surface area (Å²) in [4.78, 5) is 27.9. The van der Waals surface area contributed by atoms with Crippen molar-refractivity contribution < 1.29 is 18.4 Å². The molecule has 0 fully saturated rings. The van der Waals surface area contributed by atoms with E-state index in [4.69, 9.17) is 11.0 Å². The van der Waals surface area contributed by atoms with E-state index < -0.39 is 23.4 Å². The van der Waals surface area contributed by atoms with Gasteiger partial charge in [0.2, 0.25) is 5.91 Å². The molecule has 0 aliphatic heterocycles. The first-order valence-electron chi connectivity index (χ1n) is 6.46. The van der Waals surface area contributed by atoms with E-state index in [0.717, 1.165) is 34.4 Å². The van der Waals surface area contributed by atoms with E-state index in [-0.39, 0.29) is 22.1 Å². The topological polar surface area (TPSA) is 100 Å². The van der Waals surface area contributed by atoms with Gasteiger partial charge in [-0.25, -0.2) is 13.8 Å². The van der Waals surface area contributed by atoms with Gasteiger partial charge in [0.25, 0.3) is 5.91 Å². The van der Waals surface area contributed by atoms with Crippen molar-refractivity contribution >= 4 is 40.0 Å². The Morgan fingerprint density at radius 3 is 2.67 bits per heavy atom. The molecule has 1 aromatic carbocycles. The molecule has 0 saturated carbocycles. The molecule has 24 heavy (non-hydrogen) atoms. The van der Waals surface area contributed by atoms with Crippen LogP contribution in [-0.2, 0) is 9.59 Å². The van der Waals surface area contributed by atoms with Crippen LogP contribution in [0.3, 0.4) is 0 Å². The molecule has 0 unspecified atom stereocenters. The molecule has 2 aromatic rings. The predicted octanol–water partition coefficient (Wildman–Crippen LogP) is 2.50. The van der Waals surface area contributed by atoms with Gasteiger partial charge in [-0.15, -0.1) is 11.3 Å². The number of halogens is 2. The van der Waals surface area contributed by atoms with Crippen LogP contribution in [0.2, 0.25) is 0 Å². The number of carbonyl (C=O) groups is 2. The summed E-state index contributed by atoms with van der Waals surface area (Å²) in [5.41, 5.74) is 4.77. The number of amides is 2. The van der Waals surface area contributed by atoms with Gasteiger partial charge >= 0.3 is 0 Å². The highest BCUT2D eigenvalue weighted by atomic mass is 32.1. The Balaban J connectivity index is 2.46. The van der Waals surface area contributed by atoms with E-state index >= 15 is 0 Å². The fourth-order valence-electron chi connectivity index (χ4n) is 1.82. The molecule has 6 nitrogen and oxygen atoms in total. The van der Waals surface area contributed by atoms with Crippen LogP contribution < -0.4 is 10.6 Å². The summed E-state index contributed by atoms with van der Waals surface area (Å²) in [5.74, 6) is -3.16. The Labute approximate surface area is 139 Å². The van der Waals surface area contributed by atoms with Crippen LogP contribution in [0.1, 0.15) is 12.6 Å². The number of aromatic nitrogens is 1. The number of anilines is 2. The maximum Gasteiger partial charge on any atom is 0.259 e. The fraction of sp³-hybridized carbons (Fsp3) is 0.0667. The highest BCUT2D eigenvalue weighted by Gasteiger charge is 2.21. The van der Waals surface area contributed by atoms with E-state index in [1.807, 2.05) is 0 Å². The molecule has 2 rings (SSSR count). The Morgan fingerprint density at radius 2 is 2.12 bits per heavy atom. The number of rotatable bonds is 4. The lowest BCUT2D eigenvalue weighted by atomic mass is 10.2. The quantitative estimate of drug-likeness (QED) is 0.677. The number of nitrogens with zero attached hydrogens (tertiary/aromatic N) is 3. The number of hydrogen-bond donors (Lipinski definition) is 1. The van der Waals surface area contributed by atoms with Crippen molar-refractivity contribution in [3.63, 3.8) is 0 Å². The second-order valence-corrected chi connectivity index (χ2v) is 5.38. The lowest BCUT2D eigenvalue weighted by molar-refractivity contribution is -0.116. The summed E-state index contributed by atoms with van der Waals surface area (Å²) in [7, 11) is 0. The first-order valence-corrected chi connectivity index (χ1v) is 7.34. The van der Waals surface area contributed by atoms with E-state index in [1.165, 1.54) is 12.3 Å². The van der Waals surface area contributed by atoms with Gasteiger partial charge in [0.1, 0.15) is 23.3 Å². The number of thiazole rings is 1. The van der Waals surface area contributed by atoms with E-state index in [9.17, 15) is 18.4 Å². The number of primary amides is 1. The van der Waals surface area contributed by atoms with E-state index in [2.05, 4.69) is 4.98 Å². The van der Waals surface area contributed by atoms with Crippen LogP contribution in [0.5, 0.6) is 0 Å². The molecule has 2 N–H and O–H groups in total. The number of nitrogens with two attached hydrogens (primary N) is 1. The first-order chi connectivity index (χ1) is 11.3. The molecule has 2 amide bonds. The van der Waals surface area contributed by atoms with E-state index in [1.54, 1.807) is 6.07 Å².